The Hall–Kier alpha value is -2.60. The maximum atomic E-state index is 12.5. The van der Waals surface area contributed by atoms with Gasteiger partial charge < -0.3 is 10.1 Å². The Morgan fingerprint density at radius 2 is 2.08 bits per heavy atom. The molecule has 0 aliphatic rings. The van der Waals surface area contributed by atoms with Gasteiger partial charge in [0.15, 0.2) is 0 Å². The summed E-state index contributed by atoms with van der Waals surface area (Å²) >= 11 is 1.42. The molecule has 0 saturated heterocycles. The van der Waals surface area contributed by atoms with Gasteiger partial charge in [0.05, 0.1) is 16.3 Å². The van der Waals surface area contributed by atoms with Crippen LogP contribution in [0.4, 0.5) is 5.69 Å². The van der Waals surface area contributed by atoms with Gasteiger partial charge in [-0.2, -0.15) is 5.10 Å². The molecule has 0 radical (unpaired) electrons. The molecule has 0 unspecified atom stereocenters. The van der Waals surface area contributed by atoms with E-state index in [0.717, 1.165) is 34.8 Å². The number of aryl methyl sites for hydroxylation is 4. The number of rotatable bonds is 6. The average molecular weight is 369 g/mol. The van der Waals surface area contributed by atoms with Crippen LogP contribution in [-0.4, -0.2) is 15.7 Å². The number of hydrogen-bond donors (Lipinski definition) is 1. The highest BCUT2D eigenvalue weighted by Gasteiger charge is 2.13. The van der Waals surface area contributed by atoms with Gasteiger partial charge in [0.1, 0.15) is 12.4 Å². The first-order valence-electron chi connectivity index (χ1n) is 8.59. The molecule has 0 atom stereocenters. The van der Waals surface area contributed by atoms with Crippen molar-refractivity contribution in [3.05, 3.63) is 63.1 Å². The van der Waals surface area contributed by atoms with Gasteiger partial charge in [-0.05, 0) is 50.8 Å². The van der Waals surface area contributed by atoms with Crippen LogP contribution in [0.2, 0.25) is 0 Å². The number of nitrogens with zero attached hydrogens (tertiary/aromatic N) is 2. The molecule has 136 valence electrons. The van der Waals surface area contributed by atoms with Crippen molar-refractivity contribution in [2.24, 2.45) is 0 Å². The van der Waals surface area contributed by atoms with Crippen molar-refractivity contribution >= 4 is 22.9 Å². The van der Waals surface area contributed by atoms with Gasteiger partial charge in [-0.3, -0.25) is 9.48 Å². The van der Waals surface area contributed by atoms with Crippen molar-refractivity contribution in [2.75, 3.05) is 5.32 Å². The fourth-order valence-corrected chi connectivity index (χ4v) is 3.47. The van der Waals surface area contributed by atoms with Crippen LogP contribution in [0.15, 0.2) is 35.8 Å². The molecule has 1 aromatic carbocycles. The van der Waals surface area contributed by atoms with Crippen molar-refractivity contribution in [1.82, 2.24) is 9.78 Å². The van der Waals surface area contributed by atoms with E-state index < -0.39 is 0 Å². The van der Waals surface area contributed by atoms with Crippen molar-refractivity contribution in [3.8, 4) is 5.75 Å². The topological polar surface area (TPSA) is 56.2 Å². The summed E-state index contributed by atoms with van der Waals surface area (Å²) < 4.78 is 7.70. The summed E-state index contributed by atoms with van der Waals surface area (Å²) in [7, 11) is 0. The van der Waals surface area contributed by atoms with E-state index in [2.05, 4.69) is 23.4 Å². The number of benzene rings is 1. The highest BCUT2D eigenvalue weighted by Crippen LogP contribution is 2.23. The van der Waals surface area contributed by atoms with Crippen LogP contribution in [-0.2, 0) is 13.2 Å². The zero-order valence-electron chi connectivity index (χ0n) is 15.5. The second-order valence-electron chi connectivity index (χ2n) is 6.31. The molecule has 0 bridgehead atoms. The second-order valence-corrected chi connectivity index (χ2v) is 7.23. The molecule has 0 saturated carbocycles. The number of anilines is 1. The maximum absolute atomic E-state index is 12.5. The first kappa shape index (κ1) is 18.2. The Kier molecular flexibility index (Phi) is 5.42. The zero-order chi connectivity index (χ0) is 18.7. The van der Waals surface area contributed by atoms with Crippen molar-refractivity contribution < 1.29 is 9.53 Å². The van der Waals surface area contributed by atoms with Crippen LogP contribution in [0.3, 0.4) is 0 Å². The lowest BCUT2D eigenvalue weighted by atomic mass is 10.1. The van der Waals surface area contributed by atoms with Crippen molar-refractivity contribution in [2.45, 2.75) is 40.8 Å². The van der Waals surface area contributed by atoms with Gasteiger partial charge in [-0.1, -0.05) is 17.7 Å². The van der Waals surface area contributed by atoms with Crippen molar-refractivity contribution in [3.63, 3.8) is 0 Å². The number of carbonyl (C=O) groups is 1. The largest absolute Gasteiger partial charge is 0.489 e. The minimum atomic E-state index is -0.119. The molecule has 2 aromatic heterocycles. The molecule has 0 aliphatic heterocycles. The number of carbonyl (C=O) groups excluding carboxylic acids is 1. The summed E-state index contributed by atoms with van der Waals surface area (Å²) in [5.74, 6) is 0.752. The Morgan fingerprint density at radius 1 is 1.27 bits per heavy atom. The number of nitrogens with one attached hydrogen (secondary N) is 1. The standard InChI is InChI=1S/C20H23N3O2S/c1-5-23-10-17(15(4)22-23)21-20(24)19-9-16(12-26-19)11-25-18-7-6-13(2)8-14(18)3/h6-10,12H,5,11H2,1-4H3,(H,21,24). The summed E-state index contributed by atoms with van der Waals surface area (Å²) in [5.41, 5.74) is 4.88. The van der Waals surface area contributed by atoms with E-state index in [1.807, 2.05) is 55.2 Å². The van der Waals surface area contributed by atoms with E-state index >= 15 is 0 Å². The number of ether oxygens (including phenoxy) is 1. The number of aromatic nitrogens is 2. The number of thiophene rings is 1. The van der Waals surface area contributed by atoms with Gasteiger partial charge in [-0.25, -0.2) is 0 Å². The maximum Gasteiger partial charge on any atom is 0.265 e. The van der Waals surface area contributed by atoms with E-state index in [9.17, 15) is 4.79 Å². The molecule has 0 aliphatic carbocycles. The first-order chi connectivity index (χ1) is 12.5. The van der Waals surface area contributed by atoms with E-state index in [0.29, 0.717) is 11.5 Å². The van der Waals surface area contributed by atoms with Crippen LogP contribution < -0.4 is 10.1 Å². The zero-order valence-corrected chi connectivity index (χ0v) is 16.3. The molecular weight excluding hydrogens is 346 g/mol. The molecule has 6 heteroatoms. The van der Waals surface area contributed by atoms with Crippen LogP contribution in [0.5, 0.6) is 5.75 Å². The van der Waals surface area contributed by atoms with Gasteiger partial charge in [0, 0.05) is 18.3 Å². The number of hydrogen-bond acceptors (Lipinski definition) is 4. The Bertz CT molecular complexity index is 927. The first-order valence-corrected chi connectivity index (χ1v) is 9.47. The van der Waals surface area contributed by atoms with E-state index in [4.69, 9.17) is 4.74 Å². The van der Waals surface area contributed by atoms with Gasteiger partial charge in [-0.15, -0.1) is 11.3 Å². The van der Waals surface area contributed by atoms with Crippen LogP contribution in [0.1, 0.15) is 39.0 Å². The smallest absolute Gasteiger partial charge is 0.265 e. The fourth-order valence-electron chi connectivity index (χ4n) is 2.68. The fraction of sp³-hybridized carbons (Fsp3) is 0.300. The highest BCUT2D eigenvalue weighted by atomic mass is 32.1. The number of amides is 1. The molecule has 0 fully saturated rings. The quantitative estimate of drug-likeness (QED) is 0.684. The minimum Gasteiger partial charge on any atom is -0.489 e. The third-order valence-corrected chi connectivity index (χ3v) is 5.10. The molecule has 2 heterocycles. The Labute approximate surface area is 157 Å². The van der Waals surface area contributed by atoms with Crippen LogP contribution in [0.25, 0.3) is 0 Å². The summed E-state index contributed by atoms with van der Waals surface area (Å²) in [6, 6.07) is 8.00. The van der Waals surface area contributed by atoms with E-state index in [1.54, 1.807) is 0 Å². The predicted molar refractivity (Wildman–Crippen MR) is 105 cm³/mol. The molecule has 5 nitrogen and oxygen atoms in total. The third kappa shape index (κ3) is 4.14. The summed E-state index contributed by atoms with van der Waals surface area (Å²) in [6.07, 6.45) is 1.85. The molecule has 1 N–H and O–H groups in total. The lowest BCUT2D eigenvalue weighted by molar-refractivity contribution is 0.103. The second kappa shape index (κ2) is 7.74. The Morgan fingerprint density at radius 3 is 2.77 bits per heavy atom. The lowest BCUT2D eigenvalue weighted by Gasteiger charge is -2.08. The average Bonchev–Trinajstić information content (AvgIpc) is 3.21. The highest BCUT2D eigenvalue weighted by molar-refractivity contribution is 7.12. The SMILES string of the molecule is CCn1cc(NC(=O)c2cc(COc3ccc(C)cc3C)cs2)c(C)n1. The summed E-state index contributed by atoms with van der Waals surface area (Å²) in [5, 5.41) is 9.23. The molecule has 1 amide bonds. The molecule has 0 spiro atoms. The molecular formula is C20H23N3O2S. The Balaban J connectivity index is 1.63. The van der Waals surface area contributed by atoms with Gasteiger partial charge in [0.25, 0.3) is 5.91 Å². The predicted octanol–water partition coefficient (Wildman–Crippen LogP) is 4.72. The van der Waals surface area contributed by atoms with Gasteiger partial charge >= 0.3 is 0 Å². The monoisotopic (exact) mass is 369 g/mol. The van der Waals surface area contributed by atoms with Gasteiger partial charge in [0.2, 0.25) is 0 Å². The molecule has 26 heavy (non-hydrogen) atoms. The molecule has 3 aromatic rings. The van der Waals surface area contributed by atoms with E-state index in [-0.39, 0.29) is 5.91 Å². The molecule has 3 rings (SSSR count). The normalized spacial score (nSPS) is 10.8. The minimum absolute atomic E-state index is 0.119. The third-order valence-electron chi connectivity index (χ3n) is 4.12. The van der Waals surface area contributed by atoms with Crippen LogP contribution in [0, 0.1) is 20.8 Å². The lowest BCUT2D eigenvalue weighted by Crippen LogP contribution is -2.10. The van der Waals surface area contributed by atoms with E-state index in [1.165, 1.54) is 16.9 Å². The summed E-state index contributed by atoms with van der Waals surface area (Å²) in [6.45, 7) is 9.22. The summed E-state index contributed by atoms with van der Waals surface area (Å²) in [4.78, 5) is 13.1. The van der Waals surface area contributed by atoms with Crippen molar-refractivity contribution in [1.29, 1.82) is 0 Å². The van der Waals surface area contributed by atoms with Crippen LogP contribution >= 0.6 is 11.3 Å².